The number of phenols is 4. The highest BCUT2D eigenvalue weighted by Gasteiger charge is 2.17. The Bertz CT molecular complexity index is 1480. The summed E-state index contributed by atoms with van der Waals surface area (Å²) in [5.74, 6) is 0.0467. The Labute approximate surface area is 207 Å². The van der Waals surface area contributed by atoms with E-state index in [1.807, 2.05) is 25.2 Å². The van der Waals surface area contributed by atoms with E-state index in [4.69, 9.17) is 9.15 Å². The average Bonchev–Trinajstić information content (AvgIpc) is 2.84. The topological polar surface area (TPSA) is 120 Å². The van der Waals surface area contributed by atoms with Crippen LogP contribution in [0.4, 0.5) is 0 Å². The van der Waals surface area contributed by atoms with Crippen molar-refractivity contribution in [2.75, 3.05) is 13.2 Å². The van der Waals surface area contributed by atoms with E-state index in [2.05, 4.69) is 0 Å². The van der Waals surface area contributed by atoms with E-state index in [9.17, 15) is 25.2 Å². The molecule has 4 aromatic rings. The first-order valence-electron chi connectivity index (χ1n) is 11.3. The van der Waals surface area contributed by atoms with E-state index in [-0.39, 0.29) is 51.7 Å². The third kappa shape index (κ3) is 5.76. The molecule has 36 heavy (non-hydrogen) atoms. The average molecular weight is 487 g/mol. The first kappa shape index (κ1) is 24.6. The first-order valence-corrected chi connectivity index (χ1v) is 11.3. The predicted octanol–water partition coefficient (Wildman–Crippen LogP) is 5.50. The number of hydrogen-bond donors (Lipinski definition) is 4. The van der Waals surface area contributed by atoms with Crippen molar-refractivity contribution in [3.05, 3.63) is 99.7 Å². The van der Waals surface area contributed by atoms with Gasteiger partial charge in [0.2, 0.25) is 0 Å². The molecule has 0 saturated heterocycles. The predicted molar refractivity (Wildman–Crippen MR) is 138 cm³/mol. The Morgan fingerprint density at radius 1 is 0.944 bits per heavy atom. The fourth-order valence-corrected chi connectivity index (χ4v) is 3.69. The van der Waals surface area contributed by atoms with Gasteiger partial charge in [0, 0.05) is 23.3 Å². The Morgan fingerprint density at radius 3 is 2.31 bits per heavy atom. The number of fused-ring (bicyclic) bond motifs is 1. The van der Waals surface area contributed by atoms with Gasteiger partial charge in [0.25, 0.3) is 0 Å². The second-order valence-electron chi connectivity index (χ2n) is 8.38. The van der Waals surface area contributed by atoms with Crippen molar-refractivity contribution in [1.29, 1.82) is 0 Å². The second-order valence-corrected chi connectivity index (χ2v) is 8.38. The van der Waals surface area contributed by atoms with Crippen molar-refractivity contribution < 1.29 is 29.6 Å². The van der Waals surface area contributed by atoms with Gasteiger partial charge in [0.05, 0.1) is 13.2 Å². The molecule has 4 N–H and O–H groups in total. The minimum atomic E-state index is -0.442. The smallest absolute Gasteiger partial charge is 0.197 e. The van der Waals surface area contributed by atoms with Gasteiger partial charge in [-0.05, 0) is 55.3 Å². The van der Waals surface area contributed by atoms with Crippen LogP contribution in [0.15, 0.2) is 87.6 Å². The third-order valence-electron chi connectivity index (χ3n) is 5.63. The highest BCUT2D eigenvalue weighted by atomic mass is 16.5. The first-order chi connectivity index (χ1) is 17.3. The molecule has 0 radical (unpaired) electrons. The van der Waals surface area contributed by atoms with E-state index < -0.39 is 5.43 Å². The molecule has 0 saturated carbocycles. The van der Waals surface area contributed by atoms with Crippen LogP contribution >= 0.6 is 0 Å². The fourth-order valence-electron chi connectivity index (χ4n) is 3.69. The van der Waals surface area contributed by atoms with Gasteiger partial charge in [-0.2, -0.15) is 0 Å². The summed E-state index contributed by atoms with van der Waals surface area (Å²) in [6.45, 7) is 2.62. The minimum absolute atomic E-state index is 0.00741. The summed E-state index contributed by atoms with van der Waals surface area (Å²) in [6.07, 6.45) is 5.77. The van der Waals surface area contributed by atoms with Crippen molar-refractivity contribution in [3.8, 4) is 34.3 Å². The van der Waals surface area contributed by atoms with Crippen molar-refractivity contribution in [2.45, 2.75) is 13.3 Å². The molecule has 0 amide bonds. The molecule has 0 aliphatic heterocycles. The monoisotopic (exact) mass is 486 g/mol. The van der Waals surface area contributed by atoms with Crippen LogP contribution in [0, 0.1) is 0 Å². The van der Waals surface area contributed by atoms with Crippen LogP contribution < -0.4 is 5.43 Å². The Hall–Kier alpha value is -4.49. The molecule has 0 atom stereocenters. The fraction of sp³-hybridized carbons (Fsp3) is 0.138. The highest BCUT2D eigenvalue weighted by molar-refractivity contribution is 5.88. The maximum absolute atomic E-state index is 12.8. The lowest BCUT2D eigenvalue weighted by atomic mass is 10.0. The van der Waals surface area contributed by atoms with E-state index in [1.54, 1.807) is 36.4 Å². The van der Waals surface area contributed by atoms with Gasteiger partial charge < -0.3 is 29.6 Å². The molecule has 0 unspecified atom stereocenters. The summed E-state index contributed by atoms with van der Waals surface area (Å²) in [5.41, 5.74) is 2.26. The van der Waals surface area contributed by atoms with Gasteiger partial charge in [-0.25, -0.2) is 0 Å². The molecule has 7 heteroatoms. The molecule has 7 nitrogen and oxygen atoms in total. The van der Waals surface area contributed by atoms with E-state index in [0.717, 1.165) is 11.1 Å². The van der Waals surface area contributed by atoms with Crippen LogP contribution in [0.25, 0.3) is 28.4 Å². The normalized spacial score (nSPS) is 12.0. The van der Waals surface area contributed by atoms with Crippen LogP contribution in [-0.4, -0.2) is 33.6 Å². The summed E-state index contributed by atoms with van der Waals surface area (Å²) in [6, 6.07) is 15.6. The molecular weight excluding hydrogens is 460 g/mol. The van der Waals surface area contributed by atoms with Crippen LogP contribution in [0.3, 0.4) is 0 Å². The third-order valence-corrected chi connectivity index (χ3v) is 5.63. The molecule has 0 fully saturated rings. The van der Waals surface area contributed by atoms with E-state index in [0.29, 0.717) is 18.8 Å². The lowest BCUT2D eigenvalue weighted by Gasteiger charge is -2.10. The quantitative estimate of drug-likeness (QED) is 0.192. The van der Waals surface area contributed by atoms with Crippen molar-refractivity contribution in [2.24, 2.45) is 0 Å². The molecule has 0 bridgehead atoms. The number of ether oxygens (including phenoxy) is 1. The molecule has 0 aliphatic carbocycles. The van der Waals surface area contributed by atoms with Crippen molar-refractivity contribution in [3.63, 3.8) is 0 Å². The largest absolute Gasteiger partial charge is 0.508 e. The Kier molecular flexibility index (Phi) is 7.42. The maximum Gasteiger partial charge on any atom is 0.197 e. The summed E-state index contributed by atoms with van der Waals surface area (Å²) >= 11 is 0. The van der Waals surface area contributed by atoms with Gasteiger partial charge >= 0.3 is 0 Å². The minimum Gasteiger partial charge on any atom is -0.508 e. The molecular formula is C29H26O7. The standard InChI is InChI=1S/C29H26O7/c1-18(17-35-14-2-3-19-5-9-21(30)10-6-19)4-13-23-24(32)15-27-28(29(23)34)25(33)16-26(36-27)20-7-11-22(31)12-8-20/h2-12,15-16,30-32,34H,13-14,17H2,1H3/b3-2+,18-4+. The zero-order valence-electron chi connectivity index (χ0n) is 19.6. The van der Waals surface area contributed by atoms with Crippen LogP contribution in [0.5, 0.6) is 23.0 Å². The van der Waals surface area contributed by atoms with Gasteiger partial charge in [0.1, 0.15) is 39.7 Å². The summed E-state index contributed by atoms with van der Waals surface area (Å²) < 4.78 is 11.4. The highest BCUT2D eigenvalue weighted by Crippen LogP contribution is 2.36. The second kappa shape index (κ2) is 10.8. The molecule has 3 aromatic carbocycles. The van der Waals surface area contributed by atoms with Crippen LogP contribution in [0.1, 0.15) is 18.1 Å². The number of hydrogen-bond acceptors (Lipinski definition) is 7. The Morgan fingerprint density at radius 2 is 1.61 bits per heavy atom. The number of rotatable bonds is 8. The Balaban J connectivity index is 1.45. The number of aromatic hydroxyl groups is 4. The van der Waals surface area contributed by atoms with Crippen molar-refractivity contribution in [1.82, 2.24) is 0 Å². The van der Waals surface area contributed by atoms with Crippen LogP contribution in [0.2, 0.25) is 0 Å². The number of benzene rings is 3. The molecule has 4 rings (SSSR count). The summed E-state index contributed by atoms with van der Waals surface area (Å²) in [4.78, 5) is 12.8. The molecule has 184 valence electrons. The molecule has 1 heterocycles. The lowest BCUT2D eigenvalue weighted by Crippen LogP contribution is -2.03. The van der Waals surface area contributed by atoms with E-state index >= 15 is 0 Å². The zero-order valence-corrected chi connectivity index (χ0v) is 19.6. The molecule has 0 aliphatic rings. The summed E-state index contributed by atoms with van der Waals surface area (Å²) in [7, 11) is 0. The van der Waals surface area contributed by atoms with Gasteiger partial charge in [0.15, 0.2) is 5.43 Å². The zero-order chi connectivity index (χ0) is 25.7. The molecule has 1 aromatic heterocycles. The van der Waals surface area contributed by atoms with Gasteiger partial charge in [-0.3, -0.25) is 4.79 Å². The SMILES string of the molecule is C/C(=C\Cc1c(O)cc2oc(-c3ccc(O)cc3)cc(=O)c2c1O)COC/C=C/c1ccc(O)cc1. The lowest BCUT2D eigenvalue weighted by molar-refractivity contribution is 0.187. The number of allylic oxidation sites excluding steroid dienone is 1. The van der Waals surface area contributed by atoms with E-state index in [1.165, 1.54) is 24.3 Å². The van der Waals surface area contributed by atoms with Gasteiger partial charge in [-0.15, -0.1) is 0 Å². The molecule has 0 spiro atoms. The van der Waals surface area contributed by atoms with Crippen LogP contribution in [-0.2, 0) is 11.2 Å². The van der Waals surface area contributed by atoms with Gasteiger partial charge in [-0.1, -0.05) is 35.9 Å². The van der Waals surface area contributed by atoms with Crippen molar-refractivity contribution >= 4 is 17.0 Å². The maximum atomic E-state index is 12.8. The number of phenolic OH excluding ortho intramolecular Hbond substituents is 4. The summed E-state index contributed by atoms with van der Waals surface area (Å²) in [5, 5.41) is 40.0.